The molecular formula is C23H24N4O3. The first-order valence-corrected chi connectivity index (χ1v) is 10.2. The number of amides is 2. The molecule has 0 saturated carbocycles. The smallest absolute Gasteiger partial charge is 0.269 e. The second-order valence-electron chi connectivity index (χ2n) is 8.02. The third-order valence-electron chi connectivity index (χ3n) is 5.23. The van der Waals surface area contributed by atoms with E-state index in [0.29, 0.717) is 34.5 Å². The number of hydrogen-bond donors (Lipinski definition) is 2. The van der Waals surface area contributed by atoms with Gasteiger partial charge in [-0.1, -0.05) is 26.0 Å². The SMILES string of the molecule is CC(C)Cc1ccc(C(=O)NNC(=O)c2ccc3c(=O)n4c(nc3c2)CCC4)cc1. The Hall–Kier alpha value is -3.48. The maximum absolute atomic E-state index is 12.5. The van der Waals surface area contributed by atoms with E-state index in [1.165, 1.54) is 0 Å². The topological polar surface area (TPSA) is 93.1 Å². The number of fused-ring (bicyclic) bond motifs is 2. The van der Waals surface area contributed by atoms with Crippen LogP contribution in [-0.4, -0.2) is 21.4 Å². The maximum Gasteiger partial charge on any atom is 0.269 e. The molecule has 154 valence electrons. The van der Waals surface area contributed by atoms with Crippen LogP contribution in [0.3, 0.4) is 0 Å². The Morgan fingerprint density at radius 2 is 1.70 bits per heavy atom. The van der Waals surface area contributed by atoms with E-state index in [1.54, 1.807) is 34.9 Å². The van der Waals surface area contributed by atoms with E-state index >= 15 is 0 Å². The molecule has 2 aromatic carbocycles. The van der Waals surface area contributed by atoms with Gasteiger partial charge in [-0.2, -0.15) is 0 Å². The van der Waals surface area contributed by atoms with Gasteiger partial charge in [-0.25, -0.2) is 4.98 Å². The van der Waals surface area contributed by atoms with Crippen molar-refractivity contribution in [2.45, 2.75) is 39.7 Å². The fourth-order valence-electron chi connectivity index (χ4n) is 3.75. The largest absolute Gasteiger partial charge is 0.296 e. The molecule has 0 aliphatic carbocycles. The number of nitrogens with one attached hydrogen (secondary N) is 2. The number of hydrazine groups is 1. The van der Waals surface area contributed by atoms with Crippen LogP contribution in [0.5, 0.6) is 0 Å². The van der Waals surface area contributed by atoms with E-state index in [2.05, 4.69) is 29.7 Å². The summed E-state index contributed by atoms with van der Waals surface area (Å²) >= 11 is 0. The van der Waals surface area contributed by atoms with Gasteiger partial charge in [0.2, 0.25) is 0 Å². The Labute approximate surface area is 174 Å². The summed E-state index contributed by atoms with van der Waals surface area (Å²) in [6, 6.07) is 12.1. The van der Waals surface area contributed by atoms with Gasteiger partial charge >= 0.3 is 0 Å². The van der Waals surface area contributed by atoms with Gasteiger partial charge in [0.05, 0.1) is 10.9 Å². The highest BCUT2D eigenvalue weighted by atomic mass is 16.2. The molecule has 0 unspecified atom stereocenters. The highest BCUT2D eigenvalue weighted by molar-refractivity contribution is 6.00. The normalized spacial score (nSPS) is 12.8. The number of hydrogen-bond acceptors (Lipinski definition) is 4. The Morgan fingerprint density at radius 3 is 2.40 bits per heavy atom. The van der Waals surface area contributed by atoms with Gasteiger partial charge in [0.25, 0.3) is 17.4 Å². The van der Waals surface area contributed by atoms with Crippen molar-refractivity contribution in [3.05, 3.63) is 75.3 Å². The zero-order chi connectivity index (χ0) is 21.3. The first-order chi connectivity index (χ1) is 14.4. The number of benzene rings is 2. The molecule has 1 aliphatic heterocycles. The molecule has 30 heavy (non-hydrogen) atoms. The summed E-state index contributed by atoms with van der Waals surface area (Å²) in [5.74, 6) is 0.426. The average Bonchev–Trinajstić information content (AvgIpc) is 3.20. The van der Waals surface area contributed by atoms with Gasteiger partial charge in [0, 0.05) is 24.1 Å². The summed E-state index contributed by atoms with van der Waals surface area (Å²) in [7, 11) is 0. The lowest BCUT2D eigenvalue weighted by Gasteiger charge is -2.10. The Morgan fingerprint density at radius 1 is 1.03 bits per heavy atom. The molecule has 3 aromatic rings. The zero-order valence-corrected chi connectivity index (χ0v) is 17.1. The molecule has 4 rings (SSSR count). The molecule has 0 spiro atoms. The van der Waals surface area contributed by atoms with Crippen molar-refractivity contribution in [1.29, 1.82) is 0 Å². The van der Waals surface area contributed by atoms with Gasteiger partial charge in [-0.3, -0.25) is 29.8 Å². The molecule has 0 fully saturated rings. The minimum Gasteiger partial charge on any atom is -0.296 e. The van der Waals surface area contributed by atoms with Crippen LogP contribution in [0.25, 0.3) is 10.9 Å². The third kappa shape index (κ3) is 3.96. The summed E-state index contributed by atoms with van der Waals surface area (Å²) in [6.45, 7) is 4.97. The van der Waals surface area contributed by atoms with E-state index < -0.39 is 11.8 Å². The molecule has 1 aliphatic rings. The number of aryl methyl sites for hydroxylation is 1. The summed E-state index contributed by atoms with van der Waals surface area (Å²) in [5, 5.41) is 0.489. The predicted octanol–water partition coefficient (Wildman–Crippen LogP) is 2.62. The number of carbonyl (C=O) groups is 2. The van der Waals surface area contributed by atoms with Crippen molar-refractivity contribution < 1.29 is 9.59 Å². The Kier molecular flexibility index (Phi) is 5.35. The summed E-state index contributed by atoms with van der Waals surface area (Å²) < 4.78 is 1.69. The number of rotatable bonds is 4. The molecule has 0 radical (unpaired) electrons. The first kappa shape index (κ1) is 19.8. The molecular weight excluding hydrogens is 380 g/mol. The van der Waals surface area contributed by atoms with E-state index in [-0.39, 0.29) is 5.56 Å². The highest BCUT2D eigenvalue weighted by Gasteiger charge is 2.17. The molecule has 0 atom stereocenters. The molecule has 2 N–H and O–H groups in total. The lowest BCUT2D eigenvalue weighted by molar-refractivity contribution is 0.0847. The van der Waals surface area contributed by atoms with Crippen LogP contribution in [0.15, 0.2) is 47.3 Å². The molecule has 7 heteroatoms. The van der Waals surface area contributed by atoms with Crippen LogP contribution in [0.4, 0.5) is 0 Å². The van der Waals surface area contributed by atoms with Crippen molar-refractivity contribution >= 4 is 22.7 Å². The van der Waals surface area contributed by atoms with E-state index in [9.17, 15) is 14.4 Å². The Bertz CT molecular complexity index is 1180. The third-order valence-corrected chi connectivity index (χ3v) is 5.23. The van der Waals surface area contributed by atoms with Crippen molar-refractivity contribution in [3.8, 4) is 0 Å². The van der Waals surface area contributed by atoms with Crippen molar-refractivity contribution in [2.24, 2.45) is 5.92 Å². The van der Waals surface area contributed by atoms with Crippen LogP contribution in [-0.2, 0) is 19.4 Å². The fourth-order valence-corrected chi connectivity index (χ4v) is 3.75. The fraction of sp³-hybridized carbons (Fsp3) is 0.304. The second kappa shape index (κ2) is 8.10. The van der Waals surface area contributed by atoms with Gasteiger partial charge < -0.3 is 0 Å². The Balaban J connectivity index is 1.45. The van der Waals surface area contributed by atoms with Gasteiger partial charge in [0.15, 0.2) is 0 Å². The van der Waals surface area contributed by atoms with Gasteiger partial charge in [-0.15, -0.1) is 0 Å². The molecule has 1 aromatic heterocycles. The van der Waals surface area contributed by atoms with Crippen LogP contribution in [0, 0.1) is 5.92 Å². The van der Waals surface area contributed by atoms with Gasteiger partial charge in [-0.05, 0) is 54.7 Å². The summed E-state index contributed by atoms with van der Waals surface area (Å²) in [5.41, 5.74) is 7.23. The minimum absolute atomic E-state index is 0.0753. The molecule has 0 saturated heterocycles. The lowest BCUT2D eigenvalue weighted by atomic mass is 10.0. The monoisotopic (exact) mass is 404 g/mol. The maximum atomic E-state index is 12.5. The lowest BCUT2D eigenvalue weighted by Crippen LogP contribution is -2.41. The summed E-state index contributed by atoms with van der Waals surface area (Å²) in [4.78, 5) is 41.8. The van der Waals surface area contributed by atoms with Crippen LogP contribution < -0.4 is 16.4 Å². The summed E-state index contributed by atoms with van der Waals surface area (Å²) in [6.07, 6.45) is 2.60. The molecule has 2 heterocycles. The molecule has 0 bridgehead atoms. The quantitative estimate of drug-likeness (QED) is 0.654. The van der Waals surface area contributed by atoms with Crippen LogP contribution >= 0.6 is 0 Å². The average molecular weight is 404 g/mol. The van der Waals surface area contributed by atoms with Gasteiger partial charge in [0.1, 0.15) is 5.82 Å². The van der Waals surface area contributed by atoms with Crippen LogP contribution in [0.1, 0.15) is 52.4 Å². The molecule has 7 nitrogen and oxygen atoms in total. The predicted molar refractivity (Wildman–Crippen MR) is 114 cm³/mol. The number of nitrogens with zero attached hydrogens (tertiary/aromatic N) is 2. The van der Waals surface area contributed by atoms with E-state index in [1.807, 2.05) is 12.1 Å². The van der Waals surface area contributed by atoms with Crippen molar-refractivity contribution in [2.75, 3.05) is 0 Å². The zero-order valence-electron chi connectivity index (χ0n) is 17.1. The van der Waals surface area contributed by atoms with Crippen LogP contribution in [0.2, 0.25) is 0 Å². The molecule has 2 amide bonds. The first-order valence-electron chi connectivity index (χ1n) is 10.2. The van der Waals surface area contributed by atoms with E-state index in [0.717, 1.165) is 30.7 Å². The number of aromatic nitrogens is 2. The van der Waals surface area contributed by atoms with Crippen molar-refractivity contribution in [1.82, 2.24) is 20.4 Å². The van der Waals surface area contributed by atoms with E-state index in [4.69, 9.17) is 0 Å². The standard InChI is InChI=1S/C23H24N4O3/c1-14(2)12-15-5-7-16(8-6-15)21(28)25-26-22(29)17-9-10-18-19(13-17)24-20-4-3-11-27(20)23(18)30/h5-10,13-14H,3-4,11-12H2,1-2H3,(H,25,28)(H,26,29). The minimum atomic E-state index is -0.468. The number of carbonyl (C=O) groups excluding carboxylic acids is 2. The second-order valence-corrected chi connectivity index (χ2v) is 8.02. The van der Waals surface area contributed by atoms with Crippen molar-refractivity contribution in [3.63, 3.8) is 0 Å². The highest BCUT2D eigenvalue weighted by Crippen LogP contribution is 2.16.